The molecule has 0 aromatic rings. The van der Waals surface area contributed by atoms with Crippen LogP contribution >= 0.6 is 0 Å². The van der Waals surface area contributed by atoms with Gasteiger partial charge in [0.2, 0.25) is 0 Å². The standard InChI is InChI=1S/3C7H12/c3*1-6-4-3-5-7(6)2/h3-5H2,1-2H3;2*4,7H,3,5H2,1-2H3. The lowest BCUT2D eigenvalue weighted by Gasteiger charge is -1.98. The SMILES string of the molecule is CC1=C(C)CCC1.CC1=CCCC1C.CC1=CCCC1C. The van der Waals surface area contributed by atoms with Crippen LogP contribution < -0.4 is 0 Å². The van der Waals surface area contributed by atoms with Crippen molar-refractivity contribution in [1.29, 1.82) is 0 Å². The highest BCUT2D eigenvalue weighted by atomic mass is 14.1. The highest BCUT2D eigenvalue weighted by molar-refractivity contribution is 5.14. The Balaban J connectivity index is 0.000000157. The van der Waals surface area contributed by atoms with E-state index in [0.29, 0.717) is 0 Å². The van der Waals surface area contributed by atoms with Crippen molar-refractivity contribution < 1.29 is 0 Å². The Kier molecular flexibility index (Phi) is 8.07. The van der Waals surface area contributed by atoms with Gasteiger partial charge in [0, 0.05) is 0 Å². The minimum Gasteiger partial charge on any atom is -0.0853 e. The largest absolute Gasteiger partial charge is 0.0853 e. The Hall–Kier alpha value is -0.780. The summed E-state index contributed by atoms with van der Waals surface area (Å²) in [7, 11) is 0. The van der Waals surface area contributed by atoms with Crippen LogP contribution in [0.4, 0.5) is 0 Å². The minimum atomic E-state index is 0.875. The molecule has 3 rings (SSSR count). The predicted molar refractivity (Wildman–Crippen MR) is 96.5 cm³/mol. The van der Waals surface area contributed by atoms with Crippen molar-refractivity contribution in [3.05, 3.63) is 34.4 Å². The van der Waals surface area contributed by atoms with Crippen molar-refractivity contribution in [2.75, 3.05) is 0 Å². The number of hydrogen-bond acceptors (Lipinski definition) is 0. The average molecular weight is 289 g/mol. The van der Waals surface area contributed by atoms with Gasteiger partial charge in [-0.15, -0.1) is 0 Å². The molecule has 3 aliphatic rings. The molecule has 0 N–H and O–H groups in total. The van der Waals surface area contributed by atoms with Crippen molar-refractivity contribution in [3.63, 3.8) is 0 Å². The Morgan fingerprint density at radius 1 is 0.714 bits per heavy atom. The molecule has 0 aromatic carbocycles. The third-order valence-corrected chi connectivity index (χ3v) is 5.52. The summed E-state index contributed by atoms with van der Waals surface area (Å²) >= 11 is 0. The summed E-state index contributed by atoms with van der Waals surface area (Å²) in [6.45, 7) is 13.5. The van der Waals surface area contributed by atoms with Gasteiger partial charge in [-0.2, -0.15) is 0 Å². The van der Waals surface area contributed by atoms with Crippen LogP contribution in [0.2, 0.25) is 0 Å². The predicted octanol–water partition coefficient (Wildman–Crippen LogP) is 7.23. The van der Waals surface area contributed by atoms with E-state index in [1.807, 2.05) is 0 Å². The molecule has 3 aliphatic carbocycles. The maximum atomic E-state index is 2.34. The normalized spacial score (nSPS) is 27.5. The lowest BCUT2D eigenvalue weighted by Crippen LogP contribution is -1.85. The van der Waals surface area contributed by atoms with Crippen LogP contribution in [0.5, 0.6) is 0 Å². The van der Waals surface area contributed by atoms with Crippen molar-refractivity contribution in [2.45, 2.75) is 86.5 Å². The van der Waals surface area contributed by atoms with Crippen LogP contribution in [0.25, 0.3) is 0 Å². The first kappa shape index (κ1) is 18.3. The third-order valence-electron chi connectivity index (χ3n) is 5.52. The van der Waals surface area contributed by atoms with Gasteiger partial charge in [0.25, 0.3) is 0 Å². The van der Waals surface area contributed by atoms with Crippen LogP contribution in [0.15, 0.2) is 34.4 Å². The fourth-order valence-corrected chi connectivity index (χ4v) is 3.03. The second-order valence-corrected chi connectivity index (χ2v) is 7.27. The van der Waals surface area contributed by atoms with Gasteiger partial charge in [-0.3, -0.25) is 0 Å². The molecule has 120 valence electrons. The molecule has 0 heterocycles. The molecule has 2 unspecified atom stereocenters. The molecule has 0 nitrogen and oxygen atoms in total. The molecule has 0 heteroatoms. The third kappa shape index (κ3) is 6.68. The monoisotopic (exact) mass is 288 g/mol. The fraction of sp³-hybridized carbons (Fsp3) is 0.714. The molecule has 0 amide bonds. The zero-order valence-electron chi connectivity index (χ0n) is 15.3. The van der Waals surface area contributed by atoms with Gasteiger partial charge in [0.05, 0.1) is 0 Å². The van der Waals surface area contributed by atoms with E-state index in [0.717, 1.165) is 11.8 Å². The van der Waals surface area contributed by atoms with Crippen molar-refractivity contribution in [3.8, 4) is 0 Å². The summed E-state index contributed by atoms with van der Waals surface area (Å²) in [5, 5.41) is 0. The highest BCUT2D eigenvalue weighted by Crippen LogP contribution is 2.24. The topological polar surface area (TPSA) is 0 Å². The maximum Gasteiger partial charge on any atom is -0.0231 e. The summed E-state index contributed by atoms with van der Waals surface area (Å²) in [5.41, 5.74) is 6.42. The first-order valence-corrected chi connectivity index (χ1v) is 8.90. The first-order chi connectivity index (χ1) is 9.91. The smallest absolute Gasteiger partial charge is 0.0231 e. The second kappa shape index (κ2) is 9.28. The molecular weight excluding hydrogens is 252 g/mol. The first-order valence-electron chi connectivity index (χ1n) is 8.90. The van der Waals surface area contributed by atoms with E-state index in [4.69, 9.17) is 0 Å². The molecule has 0 bridgehead atoms. The quantitative estimate of drug-likeness (QED) is 0.412. The Labute approximate surface area is 133 Å². The van der Waals surface area contributed by atoms with E-state index >= 15 is 0 Å². The second-order valence-electron chi connectivity index (χ2n) is 7.27. The summed E-state index contributed by atoms with van der Waals surface area (Å²) in [6, 6.07) is 0. The van der Waals surface area contributed by atoms with Crippen LogP contribution in [0, 0.1) is 11.8 Å². The van der Waals surface area contributed by atoms with Crippen LogP contribution in [-0.2, 0) is 0 Å². The Morgan fingerprint density at radius 3 is 1.19 bits per heavy atom. The number of allylic oxidation sites excluding steroid dienone is 6. The average Bonchev–Trinajstić information content (AvgIpc) is 3.11. The van der Waals surface area contributed by atoms with E-state index in [9.17, 15) is 0 Å². The summed E-state index contributed by atoms with van der Waals surface area (Å²) in [6.07, 6.45) is 14.2. The van der Waals surface area contributed by atoms with Crippen molar-refractivity contribution >= 4 is 0 Å². The summed E-state index contributed by atoms with van der Waals surface area (Å²) < 4.78 is 0. The molecule has 0 aromatic heterocycles. The van der Waals surface area contributed by atoms with Crippen LogP contribution in [0.3, 0.4) is 0 Å². The van der Waals surface area contributed by atoms with Crippen molar-refractivity contribution in [2.24, 2.45) is 11.8 Å². The van der Waals surface area contributed by atoms with Gasteiger partial charge in [0.1, 0.15) is 0 Å². The van der Waals surface area contributed by atoms with E-state index in [1.54, 1.807) is 22.3 Å². The van der Waals surface area contributed by atoms with Gasteiger partial charge in [-0.25, -0.2) is 0 Å². The lowest BCUT2D eigenvalue weighted by molar-refractivity contribution is 0.670. The Morgan fingerprint density at radius 2 is 1.10 bits per heavy atom. The van der Waals surface area contributed by atoms with Gasteiger partial charge < -0.3 is 0 Å². The zero-order chi connectivity index (χ0) is 15.8. The molecule has 0 fully saturated rings. The molecular formula is C21H36. The maximum absolute atomic E-state index is 2.34. The van der Waals surface area contributed by atoms with Gasteiger partial charge in [-0.05, 0) is 84.5 Å². The molecule has 0 spiro atoms. The summed E-state index contributed by atoms with van der Waals surface area (Å²) in [5.74, 6) is 1.75. The van der Waals surface area contributed by atoms with Crippen LogP contribution in [-0.4, -0.2) is 0 Å². The number of rotatable bonds is 0. The highest BCUT2D eigenvalue weighted by Gasteiger charge is 2.08. The van der Waals surface area contributed by atoms with E-state index in [-0.39, 0.29) is 0 Å². The van der Waals surface area contributed by atoms with Gasteiger partial charge >= 0.3 is 0 Å². The molecule has 21 heavy (non-hydrogen) atoms. The summed E-state index contributed by atoms with van der Waals surface area (Å²) in [4.78, 5) is 0. The Bertz CT molecular complexity index is 368. The lowest BCUT2D eigenvalue weighted by atomic mass is 10.1. The number of hydrogen-bond donors (Lipinski definition) is 0. The fourth-order valence-electron chi connectivity index (χ4n) is 3.03. The molecule has 0 saturated carbocycles. The van der Waals surface area contributed by atoms with Crippen LogP contribution in [0.1, 0.15) is 86.5 Å². The zero-order valence-corrected chi connectivity index (χ0v) is 15.3. The van der Waals surface area contributed by atoms with Gasteiger partial charge in [0.15, 0.2) is 0 Å². The van der Waals surface area contributed by atoms with E-state index < -0.39 is 0 Å². The molecule has 2 atom stereocenters. The van der Waals surface area contributed by atoms with E-state index in [2.05, 4.69) is 53.7 Å². The minimum absolute atomic E-state index is 0.875. The molecule has 0 saturated heterocycles. The van der Waals surface area contributed by atoms with E-state index in [1.165, 1.54) is 44.9 Å². The molecule has 0 aliphatic heterocycles. The molecule has 0 radical (unpaired) electrons. The van der Waals surface area contributed by atoms with Gasteiger partial charge in [-0.1, -0.05) is 48.3 Å². The van der Waals surface area contributed by atoms with Crippen molar-refractivity contribution in [1.82, 2.24) is 0 Å².